The van der Waals surface area contributed by atoms with E-state index in [2.05, 4.69) is 0 Å². The first-order valence-corrected chi connectivity index (χ1v) is 8.65. The van der Waals surface area contributed by atoms with Crippen LogP contribution in [0.4, 0.5) is 0 Å². The van der Waals surface area contributed by atoms with Crippen LogP contribution in [0.1, 0.15) is 39.5 Å². The van der Waals surface area contributed by atoms with E-state index in [0.717, 1.165) is 6.42 Å². The van der Waals surface area contributed by atoms with Gasteiger partial charge in [0, 0.05) is 24.8 Å². The summed E-state index contributed by atoms with van der Waals surface area (Å²) in [6.45, 7) is 4.07. The van der Waals surface area contributed by atoms with Gasteiger partial charge in [-0.1, -0.05) is 12.8 Å². The van der Waals surface area contributed by atoms with Crippen LogP contribution in [0.15, 0.2) is 11.1 Å². The SMILES string of the molecule is CCN1C(=O)C2=C3COC(OC)(C(O)CCCCC21C(C)O)C3O. The summed E-state index contributed by atoms with van der Waals surface area (Å²) in [6, 6.07) is 0. The molecule has 3 aliphatic rings. The third-order valence-electron chi connectivity index (χ3n) is 5.94. The number of likely N-dealkylation sites (N-methyl/N-ethyl adjacent to an activating group) is 1. The summed E-state index contributed by atoms with van der Waals surface area (Å²) in [5.74, 6) is -1.73. The molecule has 5 unspecified atom stereocenters. The van der Waals surface area contributed by atoms with Gasteiger partial charge in [-0.15, -0.1) is 0 Å². The number of likely N-dealkylation sites (tertiary alicyclic amines) is 1. The Bertz CT molecular complexity index is 561. The zero-order valence-corrected chi connectivity index (χ0v) is 14.5. The predicted molar refractivity (Wildman–Crippen MR) is 85.0 cm³/mol. The Balaban J connectivity index is 2.16. The summed E-state index contributed by atoms with van der Waals surface area (Å²) in [4.78, 5) is 14.4. The van der Waals surface area contributed by atoms with Crippen molar-refractivity contribution in [3.8, 4) is 0 Å². The van der Waals surface area contributed by atoms with E-state index in [-0.39, 0.29) is 12.5 Å². The molecule has 7 heteroatoms. The number of rotatable bonds is 3. The molecule has 2 heterocycles. The fourth-order valence-electron chi connectivity index (χ4n) is 4.65. The third kappa shape index (κ3) is 2.05. The van der Waals surface area contributed by atoms with Crippen LogP contribution in [0.25, 0.3) is 0 Å². The van der Waals surface area contributed by atoms with Crippen LogP contribution in [-0.4, -0.2) is 76.0 Å². The maximum Gasteiger partial charge on any atom is 0.253 e. The summed E-state index contributed by atoms with van der Waals surface area (Å²) < 4.78 is 11.0. The van der Waals surface area contributed by atoms with Gasteiger partial charge < -0.3 is 29.7 Å². The minimum Gasteiger partial charge on any atom is -0.391 e. The fourth-order valence-corrected chi connectivity index (χ4v) is 4.65. The molecule has 1 amide bonds. The smallest absolute Gasteiger partial charge is 0.253 e. The maximum absolute atomic E-state index is 12.7. The van der Waals surface area contributed by atoms with Gasteiger partial charge in [-0.3, -0.25) is 4.79 Å². The Hall–Kier alpha value is -0.990. The van der Waals surface area contributed by atoms with Gasteiger partial charge in [0.2, 0.25) is 5.79 Å². The topological polar surface area (TPSA) is 99.5 Å². The lowest BCUT2D eigenvalue weighted by molar-refractivity contribution is -0.279. The van der Waals surface area contributed by atoms with Crippen molar-refractivity contribution in [1.82, 2.24) is 4.90 Å². The van der Waals surface area contributed by atoms with Gasteiger partial charge in [-0.2, -0.15) is 0 Å². The second-order valence-electron chi connectivity index (χ2n) is 6.93. The number of hydrogen-bond acceptors (Lipinski definition) is 6. The highest BCUT2D eigenvalue weighted by Crippen LogP contribution is 2.50. The van der Waals surface area contributed by atoms with Gasteiger partial charge in [0.1, 0.15) is 12.2 Å². The third-order valence-corrected chi connectivity index (χ3v) is 5.94. The highest BCUT2D eigenvalue weighted by Gasteiger charge is 2.63. The van der Waals surface area contributed by atoms with Crippen molar-refractivity contribution < 1.29 is 29.6 Å². The summed E-state index contributed by atoms with van der Waals surface area (Å²) in [7, 11) is 1.38. The first-order chi connectivity index (χ1) is 11.4. The van der Waals surface area contributed by atoms with Crippen LogP contribution in [0.3, 0.4) is 0 Å². The Labute approximate surface area is 141 Å². The Kier molecular flexibility index (Phi) is 4.51. The molecule has 0 spiro atoms. The molecule has 3 rings (SSSR count). The van der Waals surface area contributed by atoms with Crippen molar-refractivity contribution in [2.24, 2.45) is 0 Å². The van der Waals surface area contributed by atoms with E-state index < -0.39 is 29.6 Å². The van der Waals surface area contributed by atoms with E-state index in [1.165, 1.54) is 7.11 Å². The number of β-lactam (4-membered cyclic amide) rings is 1. The normalized spacial score (nSPS) is 41.1. The summed E-state index contributed by atoms with van der Waals surface area (Å²) in [5, 5.41) is 31.8. The van der Waals surface area contributed by atoms with Gasteiger partial charge in [0.15, 0.2) is 0 Å². The Morgan fingerprint density at radius 1 is 1.42 bits per heavy atom. The molecule has 5 atom stereocenters. The van der Waals surface area contributed by atoms with Crippen molar-refractivity contribution in [3.63, 3.8) is 0 Å². The molecule has 0 radical (unpaired) electrons. The fraction of sp³-hybridized carbons (Fsp3) is 0.824. The van der Waals surface area contributed by atoms with E-state index in [9.17, 15) is 20.1 Å². The van der Waals surface area contributed by atoms with Gasteiger partial charge >= 0.3 is 0 Å². The van der Waals surface area contributed by atoms with Gasteiger partial charge in [-0.05, 0) is 26.7 Å². The van der Waals surface area contributed by atoms with Crippen molar-refractivity contribution in [1.29, 1.82) is 0 Å². The van der Waals surface area contributed by atoms with Gasteiger partial charge in [0.25, 0.3) is 5.91 Å². The number of methoxy groups -OCH3 is 1. The van der Waals surface area contributed by atoms with E-state index in [1.807, 2.05) is 6.92 Å². The van der Waals surface area contributed by atoms with Crippen LogP contribution in [-0.2, 0) is 14.3 Å². The molecule has 1 aliphatic carbocycles. The van der Waals surface area contributed by atoms with Crippen molar-refractivity contribution in [2.75, 3.05) is 20.3 Å². The highest BCUT2D eigenvalue weighted by molar-refractivity contribution is 6.05. The summed E-state index contributed by atoms with van der Waals surface area (Å²) in [5.41, 5.74) is 0.0609. The number of ether oxygens (including phenoxy) is 2. The molecule has 3 N–H and O–H groups in total. The Morgan fingerprint density at radius 3 is 2.71 bits per heavy atom. The van der Waals surface area contributed by atoms with E-state index in [1.54, 1.807) is 11.8 Å². The number of aliphatic hydroxyl groups excluding tert-OH is 3. The van der Waals surface area contributed by atoms with Crippen molar-refractivity contribution in [2.45, 2.75) is 69.2 Å². The predicted octanol–water partition coefficient (Wildman–Crippen LogP) is -0.0666. The molecule has 2 fully saturated rings. The average Bonchev–Trinajstić information content (AvgIpc) is 2.86. The number of nitrogens with zero attached hydrogens (tertiary/aromatic N) is 1. The Morgan fingerprint density at radius 2 is 2.12 bits per heavy atom. The van der Waals surface area contributed by atoms with Crippen LogP contribution < -0.4 is 0 Å². The second kappa shape index (κ2) is 6.07. The lowest BCUT2D eigenvalue weighted by Gasteiger charge is -2.56. The number of carbonyl (C=O) groups is 1. The molecule has 0 aromatic rings. The van der Waals surface area contributed by atoms with E-state index in [4.69, 9.17) is 9.47 Å². The summed E-state index contributed by atoms with van der Waals surface area (Å²) >= 11 is 0. The molecule has 0 saturated carbocycles. The summed E-state index contributed by atoms with van der Waals surface area (Å²) in [6.07, 6.45) is -0.513. The number of amides is 1. The molecule has 0 aromatic carbocycles. The molecule has 2 bridgehead atoms. The van der Waals surface area contributed by atoms with Crippen molar-refractivity contribution in [3.05, 3.63) is 11.1 Å². The lowest BCUT2D eigenvalue weighted by Crippen LogP contribution is -2.71. The highest BCUT2D eigenvalue weighted by atomic mass is 16.7. The van der Waals surface area contributed by atoms with E-state index >= 15 is 0 Å². The molecular formula is C17H27NO6. The molecule has 0 aromatic heterocycles. The lowest BCUT2D eigenvalue weighted by atomic mass is 9.67. The van der Waals surface area contributed by atoms with Crippen LogP contribution in [0.5, 0.6) is 0 Å². The zero-order chi connectivity index (χ0) is 17.7. The minimum absolute atomic E-state index is 0.0131. The van der Waals surface area contributed by atoms with Crippen LogP contribution in [0.2, 0.25) is 0 Å². The standard InChI is InChI=1S/C17H27NO6/c1-4-18-15(22)13-11-9-24-17(23-3,14(11)21)12(20)7-5-6-8-16(13,18)10(2)19/h10,12,14,19-21H,4-9H2,1-3H3. The number of fused-ring (bicyclic) bond motifs is 3. The maximum atomic E-state index is 12.7. The minimum atomic E-state index is -1.54. The van der Waals surface area contributed by atoms with E-state index in [0.29, 0.717) is 37.0 Å². The second-order valence-corrected chi connectivity index (χ2v) is 6.93. The van der Waals surface area contributed by atoms with Crippen LogP contribution in [0, 0.1) is 0 Å². The molecule has 24 heavy (non-hydrogen) atoms. The molecule has 7 nitrogen and oxygen atoms in total. The number of hydrogen-bond donors (Lipinski definition) is 3. The van der Waals surface area contributed by atoms with Gasteiger partial charge in [-0.25, -0.2) is 0 Å². The largest absolute Gasteiger partial charge is 0.391 e. The molecule has 136 valence electrons. The molecule has 2 saturated heterocycles. The first-order valence-electron chi connectivity index (χ1n) is 8.65. The molecule has 2 aliphatic heterocycles. The monoisotopic (exact) mass is 341 g/mol. The number of aliphatic hydroxyl groups is 3. The number of carbonyl (C=O) groups excluding carboxylic acids is 1. The quantitative estimate of drug-likeness (QED) is 0.622. The molecular weight excluding hydrogens is 314 g/mol. The van der Waals surface area contributed by atoms with Crippen LogP contribution >= 0.6 is 0 Å². The first kappa shape index (κ1) is 17.8. The van der Waals surface area contributed by atoms with Crippen molar-refractivity contribution >= 4 is 5.91 Å². The zero-order valence-electron chi connectivity index (χ0n) is 14.5. The van der Waals surface area contributed by atoms with Gasteiger partial charge in [0.05, 0.1) is 18.2 Å². The average molecular weight is 341 g/mol.